The van der Waals surface area contributed by atoms with Crippen LogP contribution in [0.4, 0.5) is 16.2 Å². The number of rotatable bonds is 5. The van der Waals surface area contributed by atoms with Gasteiger partial charge in [0, 0.05) is 36.6 Å². The van der Waals surface area contributed by atoms with E-state index in [1.807, 2.05) is 43.3 Å². The fourth-order valence-electron chi connectivity index (χ4n) is 4.56. The van der Waals surface area contributed by atoms with Crippen molar-refractivity contribution in [2.45, 2.75) is 26.0 Å². The second-order valence-corrected chi connectivity index (χ2v) is 9.45. The standard InChI is InChI=1S/C26H25N5O3S/c1-4-10-28-26(33)31-16(2)13-17-14-18(7-8-21(17)31)29-19-9-11-27-20-15-22(35-24(19)20)25(32)30-12-5-6-23(30)34-3/h1,7-9,11,13-15,23H,5-6,10,12H2,2-3H3,(H,27,29)(H,28,33). The van der Waals surface area contributed by atoms with Gasteiger partial charge in [0.1, 0.15) is 6.23 Å². The lowest BCUT2D eigenvalue weighted by Crippen LogP contribution is -2.36. The molecule has 0 spiro atoms. The number of pyridine rings is 1. The minimum absolute atomic E-state index is 0.0235. The SMILES string of the molecule is C#CCNC(=O)n1c(C)cc2cc(Nc3ccnc4cc(C(=O)N5CCCC5OC)sc34)ccc21. The Hall–Kier alpha value is -3.87. The van der Waals surface area contributed by atoms with E-state index >= 15 is 0 Å². The molecule has 2 amide bonds. The Bertz CT molecular complexity index is 1480. The van der Waals surface area contributed by atoms with Crippen molar-refractivity contribution in [2.24, 2.45) is 0 Å². The van der Waals surface area contributed by atoms with Crippen molar-refractivity contribution in [3.8, 4) is 12.3 Å². The number of hydrogen-bond acceptors (Lipinski definition) is 6. The average molecular weight is 488 g/mol. The number of thiophene rings is 1. The average Bonchev–Trinajstić information content (AvgIpc) is 3.58. The highest BCUT2D eigenvalue weighted by molar-refractivity contribution is 7.21. The minimum Gasteiger partial charge on any atom is -0.362 e. The van der Waals surface area contributed by atoms with Gasteiger partial charge in [-0.25, -0.2) is 4.79 Å². The number of fused-ring (bicyclic) bond motifs is 2. The maximum Gasteiger partial charge on any atom is 0.327 e. The van der Waals surface area contributed by atoms with Crippen molar-refractivity contribution in [1.82, 2.24) is 19.8 Å². The van der Waals surface area contributed by atoms with E-state index in [9.17, 15) is 9.59 Å². The summed E-state index contributed by atoms with van der Waals surface area (Å²) in [5, 5.41) is 7.09. The summed E-state index contributed by atoms with van der Waals surface area (Å²) in [6.07, 6.45) is 8.62. The first-order valence-corrected chi connectivity index (χ1v) is 12.1. The Morgan fingerprint density at radius 2 is 2.14 bits per heavy atom. The summed E-state index contributed by atoms with van der Waals surface area (Å²) in [6, 6.07) is 11.3. The van der Waals surface area contributed by atoms with Crippen molar-refractivity contribution < 1.29 is 14.3 Å². The first-order chi connectivity index (χ1) is 17.0. The molecule has 0 aliphatic carbocycles. The fourth-order valence-corrected chi connectivity index (χ4v) is 5.60. The number of carbonyl (C=O) groups is 2. The smallest absolute Gasteiger partial charge is 0.327 e. The molecule has 1 aliphatic rings. The number of benzene rings is 1. The monoisotopic (exact) mass is 487 g/mol. The van der Waals surface area contributed by atoms with E-state index in [1.165, 1.54) is 11.3 Å². The number of anilines is 2. The summed E-state index contributed by atoms with van der Waals surface area (Å²) in [7, 11) is 1.64. The van der Waals surface area contributed by atoms with E-state index in [0.29, 0.717) is 11.4 Å². The topological polar surface area (TPSA) is 88.5 Å². The fraction of sp³-hybridized carbons (Fsp3) is 0.269. The van der Waals surface area contributed by atoms with Gasteiger partial charge in [-0.2, -0.15) is 0 Å². The maximum absolute atomic E-state index is 13.1. The number of nitrogens with zero attached hydrogens (tertiary/aromatic N) is 3. The third-order valence-electron chi connectivity index (χ3n) is 6.16. The molecule has 0 saturated carbocycles. The molecule has 3 aromatic heterocycles. The number of carbonyl (C=O) groups excluding carboxylic acids is 2. The van der Waals surface area contributed by atoms with Gasteiger partial charge < -0.3 is 20.3 Å². The number of methoxy groups -OCH3 is 1. The lowest BCUT2D eigenvalue weighted by Gasteiger charge is -2.22. The molecule has 4 aromatic rings. The molecule has 0 radical (unpaired) electrons. The number of likely N-dealkylation sites (tertiary alicyclic amines) is 1. The number of terminal acetylenes is 1. The molecular formula is C26H25N5O3S. The summed E-state index contributed by atoms with van der Waals surface area (Å²) < 4.78 is 7.99. The van der Waals surface area contributed by atoms with Crippen LogP contribution in [-0.2, 0) is 4.74 Å². The first-order valence-electron chi connectivity index (χ1n) is 11.3. The van der Waals surface area contributed by atoms with Crippen LogP contribution in [0.1, 0.15) is 28.2 Å². The normalized spacial score (nSPS) is 15.5. The lowest BCUT2D eigenvalue weighted by atomic mass is 10.2. The van der Waals surface area contributed by atoms with Gasteiger partial charge in [-0.15, -0.1) is 17.8 Å². The van der Waals surface area contributed by atoms with Crippen molar-refractivity contribution in [3.05, 3.63) is 53.2 Å². The molecule has 4 heterocycles. The Morgan fingerprint density at radius 3 is 2.94 bits per heavy atom. The highest BCUT2D eigenvalue weighted by Crippen LogP contribution is 2.35. The van der Waals surface area contributed by atoms with E-state index in [4.69, 9.17) is 11.2 Å². The van der Waals surface area contributed by atoms with E-state index in [-0.39, 0.29) is 24.7 Å². The van der Waals surface area contributed by atoms with Crippen LogP contribution in [0, 0.1) is 19.3 Å². The molecule has 35 heavy (non-hydrogen) atoms. The molecule has 1 aromatic carbocycles. The van der Waals surface area contributed by atoms with Gasteiger partial charge in [0.05, 0.1) is 32.8 Å². The molecule has 1 unspecified atom stereocenters. The molecule has 0 bridgehead atoms. The van der Waals surface area contributed by atoms with E-state index in [0.717, 1.165) is 51.0 Å². The molecule has 8 nitrogen and oxygen atoms in total. The van der Waals surface area contributed by atoms with E-state index < -0.39 is 0 Å². The van der Waals surface area contributed by atoms with Crippen molar-refractivity contribution in [3.63, 3.8) is 0 Å². The van der Waals surface area contributed by atoms with Crippen LogP contribution in [0.15, 0.2) is 42.6 Å². The number of amides is 2. The molecule has 2 N–H and O–H groups in total. The van der Waals surface area contributed by atoms with Crippen LogP contribution in [-0.4, -0.2) is 52.8 Å². The predicted octanol–water partition coefficient (Wildman–Crippen LogP) is 4.70. The van der Waals surface area contributed by atoms with Gasteiger partial charge in [0.15, 0.2) is 0 Å². The van der Waals surface area contributed by atoms with Gasteiger partial charge in [0.25, 0.3) is 5.91 Å². The number of aromatic nitrogens is 2. The van der Waals surface area contributed by atoms with Crippen LogP contribution in [0.5, 0.6) is 0 Å². The Balaban J connectivity index is 1.43. The number of hydrogen-bond donors (Lipinski definition) is 2. The summed E-state index contributed by atoms with van der Waals surface area (Å²) in [5.74, 6) is 2.40. The number of ether oxygens (including phenoxy) is 1. The van der Waals surface area contributed by atoms with Crippen LogP contribution >= 0.6 is 11.3 Å². The zero-order valence-electron chi connectivity index (χ0n) is 19.5. The molecule has 1 fully saturated rings. The molecule has 1 atom stereocenters. The van der Waals surface area contributed by atoms with Crippen molar-refractivity contribution in [1.29, 1.82) is 0 Å². The second kappa shape index (κ2) is 9.41. The zero-order chi connectivity index (χ0) is 24.5. The Kier molecular flexibility index (Phi) is 6.16. The third kappa shape index (κ3) is 4.22. The first kappa shape index (κ1) is 22.9. The molecule has 1 aliphatic heterocycles. The summed E-state index contributed by atoms with van der Waals surface area (Å²) in [6.45, 7) is 2.75. The zero-order valence-corrected chi connectivity index (χ0v) is 20.3. The largest absolute Gasteiger partial charge is 0.362 e. The van der Waals surface area contributed by atoms with Crippen molar-refractivity contribution in [2.75, 3.05) is 25.5 Å². The highest BCUT2D eigenvalue weighted by Gasteiger charge is 2.30. The Morgan fingerprint density at radius 1 is 1.29 bits per heavy atom. The molecule has 178 valence electrons. The third-order valence-corrected chi connectivity index (χ3v) is 7.31. The van der Waals surface area contributed by atoms with E-state index in [2.05, 4.69) is 21.5 Å². The van der Waals surface area contributed by atoms with Gasteiger partial charge in [-0.05, 0) is 56.2 Å². The Labute approximate surface area is 206 Å². The molecular weight excluding hydrogens is 462 g/mol. The maximum atomic E-state index is 13.1. The number of aryl methyl sites for hydroxylation is 1. The summed E-state index contributed by atoms with van der Waals surface area (Å²) in [5.41, 5.74) is 4.11. The van der Waals surface area contributed by atoms with Crippen LogP contribution in [0.2, 0.25) is 0 Å². The lowest BCUT2D eigenvalue weighted by molar-refractivity contribution is 0.00195. The molecule has 9 heteroatoms. The van der Waals surface area contributed by atoms with Gasteiger partial charge in [-0.1, -0.05) is 5.92 Å². The van der Waals surface area contributed by atoms with Gasteiger partial charge in [-0.3, -0.25) is 14.3 Å². The highest BCUT2D eigenvalue weighted by atomic mass is 32.1. The summed E-state index contributed by atoms with van der Waals surface area (Å²) >= 11 is 1.43. The van der Waals surface area contributed by atoms with Crippen molar-refractivity contribution >= 4 is 55.8 Å². The van der Waals surface area contributed by atoms with Gasteiger partial charge in [0.2, 0.25) is 0 Å². The molecule has 1 saturated heterocycles. The van der Waals surface area contributed by atoms with Gasteiger partial charge >= 0.3 is 6.03 Å². The van der Waals surface area contributed by atoms with E-state index in [1.54, 1.807) is 22.8 Å². The molecule has 5 rings (SSSR count). The summed E-state index contributed by atoms with van der Waals surface area (Å²) in [4.78, 5) is 32.5. The van der Waals surface area contributed by atoms with Crippen LogP contribution in [0.3, 0.4) is 0 Å². The second-order valence-electron chi connectivity index (χ2n) is 8.40. The minimum atomic E-state index is -0.253. The number of nitrogens with one attached hydrogen (secondary N) is 2. The predicted molar refractivity (Wildman–Crippen MR) is 138 cm³/mol. The quantitative estimate of drug-likeness (QED) is 0.398. The van der Waals surface area contributed by atoms with Crippen LogP contribution < -0.4 is 10.6 Å². The van der Waals surface area contributed by atoms with Crippen LogP contribution in [0.25, 0.3) is 21.1 Å².